The van der Waals surface area contributed by atoms with Gasteiger partial charge < -0.3 is 15.2 Å². The molecule has 0 aromatic rings. The van der Waals surface area contributed by atoms with Crippen LogP contribution in [-0.2, 0) is 4.74 Å². The van der Waals surface area contributed by atoms with Gasteiger partial charge in [0.2, 0.25) is 0 Å². The fraction of sp³-hybridized carbons (Fsp3) is 1.00. The molecule has 0 aromatic carbocycles. The highest BCUT2D eigenvalue weighted by atomic mass is 16.5. The Morgan fingerprint density at radius 2 is 2.19 bits per heavy atom. The monoisotopic (exact) mass is 229 g/mol. The van der Waals surface area contributed by atoms with Crippen LogP contribution in [0.2, 0.25) is 0 Å². The second-order valence-electron chi connectivity index (χ2n) is 5.56. The van der Waals surface area contributed by atoms with Crippen molar-refractivity contribution in [2.45, 2.75) is 64.7 Å². The summed E-state index contributed by atoms with van der Waals surface area (Å²) in [5, 5.41) is 13.2. The zero-order valence-corrected chi connectivity index (χ0v) is 11.1. The van der Waals surface area contributed by atoms with Crippen LogP contribution in [0.15, 0.2) is 0 Å². The fourth-order valence-corrected chi connectivity index (χ4v) is 2.07. The van der Waals surface area contributed by atoms with Gasteiger partial charge in [0, 0.05) is 19.2 Å². The van der Waals surface area contributed by atoms with Gasteiger partial charge in [-0.2, -0.15) is 0 Å². The molecule has 3 heteroatoms. The summed E-state index contributed by atoms with van der Waals surface area (Å²) in [5.41, 5.74) is 0.0265. The van der Waals surface area contributed by atoms with Gasteiger partial charge >= 0.3 is 0 Å². The second-order valence-corrected chi connectivity index (χ2v) is 5.56. The lowest BCUT2D eigenvalue weighted by molar-refractivity contribution is -0.0790. The average Bonchev–Trinajstić information content (AvgIpc) is 2.26. The first kappa shape index (κ1) is 13.9. The maximum absolute atomic E-state index is 9.75. The molecule has 96 valence electrons. The lowest BCUT2D eigenvalue weighted by Crippen LogP contribution is -2.47. The zero-order chi connectivity index (χ0) is 12.2. The van der Waals surface area contributed by atoms with Gasteiger partial charge in [-0.15, -0.1) is 0 Å². The summed E-state index contributed by atoms with van der Waals surface area (Å²) < 4.78 is 5.80. The van der Waals surface area contributed by atoms with E-state index in [0.717, 1.165) is 25.9 Å². The van der Waals surface area contributed by atoms with Crippen LogP contribution in [0.25, 0.3) is 0 Å². The van der Waals surface area contributed by atoms with Crippen LogP contribution in [0.4, 0.5) is 0 Å². The van der Waals surface area contributed by atoms with Crippen molar-refractivity contribution in [1.29, 1.82) is 0 Å². The van der Waals surface area contributed by atoms with Gasteiger partial charge in [-0.1, -0.05) is 20.8 Å². The predicted molar refractivity (Wildman–Crippen MR) is 66.5 cm³/mol. The Labute approximate surface area is 99.6 Å². The summed E-state index contributed by atoms with van der Waals surface area (Å²) in [7, 11) is 0. The maximum atomic E-state index is 9.75. The van der Waals surface area contributed by atoms with Crippen molar-refractivity contribution in [3.05, 3.63) is 0 Å². The van der Waals surface area contributed by atoms with Crippen LogP contribution in [0.1, 0.15) is 47.0 Å². The van der Waals surface area contributed by atoms with Gasteiger partial charge in [0.25, 0.3) is 0 Å². The van der Waals surface area contributed by atoms with E-state index in [9.17, 15) is 5.11 Å². The molecule has 2 N–H and O–H groups in total. The van der Waals surface area contributed by atoms with E-state index < -0.39 is 0 Å². The van der Waals surface area contributed by atoms with Gasteiger partial charge in [0.05, 0.1) is 11.7 Å². The van der Waals surface area contributed by atoms with Gasteiger partial charge in [-0.05, 0) is 32.1 Å². The molecular weight excluding hydrogens is 202 g/mol. The van der Waals surface area contributed by atoms with Gasteiger partial charge in [-0.25, -0.2) is 0 Å². The standard InChI is InChI=1S/C13H27NO2/c1-5-13(4)8-11(6-7-16-13)14-9-12(15)10(2)3/h10-12,14-15H,5-9H2,1-4H3. The maximum Gasteiger partial charge on any atom is 0.0687 e. The highest BCUT2D eigenvalue weighted by molar-refractivity contribution is 4.86. The van der Waals surface area contributed by atoms with Crippen molar-refractivity contribution in [2.75, 3.05) is 13.2 Å². The van der Waals surface area contributed by atoms with Crippen LogP contribution in [0.5, 0.6) is 0 Å². The number of hydrogen-bond donors (Lipinski definition) is 2. The molecule has 0 radical (unpaired) electrons. The molecular formula is C13H27NO2. The molecule has 0 saturated carbocycles. The number of hydrogen-bond acceptors (Lipinski definition) is 3. The van der Waals surface area contributed by atoms with Crippen LogP contribution in [0.3, 0.4) is 0 Å². The predicted octanol–water partition coefficient (Wildman–Crippen LogP) is 1.94. The van der Waals surface area contributed by atoms with E-state index in [1.165, 1.54) is 0 Å². The van der Waals surface area contributed by atoms with E-state index in [0.29, 0.717) is 18.5 Å². The third-order valence-electron chi connectivity index (χ3n) is 3.73. The van der Waals surface area contributed by atoms with Gasteiger partial charge in [0.15, 0.2) is 0 Å². The summed E-state index contributed by atoms with van der Waals surface area (Å²) in [6.45, 7) is 9.98. The lowest BCUT2D eigenvalue weighted by atomic mass is 9.89. The first-order valence-electron chi connectivity index (χ1n) is 6.52. The van der Waals surface area contributed by atoms with Crippen molar-refractivity contribution in [3.8, 4) is 0 Å². The SMILES string of the molecule is CCC1(C)CC(NCC(O)C(C)C)CCO1. The fourth-order valence-electron chi connectivity index (χ4n) is 2.07. The van der Waals surface area contributed by atoms with E-state index in [4.69, 9.17) is 4.74 Å². The number of aliphatic hydroxyl groups excluding tert-OH is 1. The van der Waals surface area contributed by atoms with Crippen molar-refractivity contribution < 1.29 is 9.84 Å². The molecule has 1 aliphatic heterocycles. The number of nitrogens with one attached hydrogen (secondary N) is 1. The molecule has 0 aliphatic carbocycles. The van der Waals surface area contributed by atoms with E-state index >= 15 is 0 Å². The molecule has 16 heavy (non-hydrogen) atoms. The van der Waals surface area contributed by atoms with Crippen molar-refractivity contribution in [1.82, 2.24) is 5.32 Å². The van der Waals surface area contributed by atoms with Crippen molar-refractivity contribution >= 4 is 0 Å². The average molecular weight is 229 g/mol. The van der Waals surface area contributed by atoms with E-state index in [1.54, 1.807) is 0 Å². The van der Waals surface area contributed by atoms with E-state index in [2.05, 4.69) is 19.2 Å². The summed E-state index contributed by atoms with van der Waals surface area (Å²) in [4.78, 5) is 0. The molecule has 1 heterocycles. The molecule has 1 saturated heterocycles. The summed E-state index contributed by atoms with van der Waals surface area (Å²) in [6.07, 6.45) is 2.92. The largest absolute Gasteiger partial charge is 0.392 e. The zero-order valence-electron chi connectivity index (χ0n) is 11.1. The Balaban J connectivity index is 2.32. The first-order valence-corrected chi connectivity index (χ1v) is 6.52. The highest BCUT2D eigenvalue weighted by Crippen LogP contribution is 2.27. The van der Waals surface area contributed by atoms with Gasteiger partial charge in [-0.3, -0.25) is 0 Å². The molecule has 0 spiro atoms. The van der Waals surface area contributed by atoms with Crippen LogP contribution in [-0.4, -0.2) is 36.0 Å². The van der Waals surface area contributed by atoms with Gasteiger partial charge in [0.1, 0.15) is 0 Å². The molecule has 3 nitrogen and oxygen atoms in total. The first-order chi connectivity index (χ1) is 7.47. The third-order valence-corrected chi connectivity index (χ3v) is 3.73. The highest BCUT2D eigenvalue weighted by Gasteiger charge is 2.31. The minimum absolute atomic E-state index is 0.0265. The molecule has 0 amide bonds. The van der Waals surface area contributed by atoms with Crippen molar-refractivity contribution in [3.63, 3.8) is 0 Å². The molecule has 3 atom stereocenters. The Kier molecular flexibility index (Phi) is 5.22. The number of aliphatic hydroxyl groups is 1. The molecule has 0 aromatic heterocycles. The van der Waals surface area contributed by atoms with E-state index in [-0.39, 0.29) is 11.7 Å². The Hall–Kier alpha value is -0.120. The Bertz CT molecular complexity index is 208. The Morgan fingerprint density at radius 3 is 2.75 bits per heavy atom. The second kappa shape index (κ2) is 5.99. The van der Waals surface area contributed by atoms with E-state index in [1.807, 2.05) is 13.8 Å². The number of ether oxygens (including phenoxy) is 1. The quantitative estimate of drug-likeness (QED) is 0.757. The lowest BCUT2D eigenvalue weighted by Gasteiger charge is -2.38. The van der Waals surface area contributed by atoms with Crippen LogP contribution < -0.4 is 5.32 Å². The molecule has 1 aliphatic rings. The summed E-state index contributed by atoms with van der Waals surface area (Å²) in [6, 6.07) is 0.493. The van der Waals surface area contributed by atoms with Crippen molar-refractivity contribution in [2.24, 2.45) is 5.92 Å². The molecule has 0 bridgehead atoms. The minimum Gasteiger partial charge on any atom is -0.392 e. The normalized spacial score (nSPS) is 33.0. The minimum atomic E-state index is -0.240. The third kappa shape index (κ3) is 4.04. The topological polar surface area (TPSA) is 41.5 Å². The number of rotatable bonds is 5. The van der Waals surface area contributed by atoms with Crippen LogP contribution >= 0.6 is 0 Å². The smallest absolute Gasteiger partial charge is 0.0687 e. The van der Waals surface area contributed by atoms with Crippen LogP contribution in [0, 0.1) is 5.92 Å². The summed E-state index contributed by atoms with van der Waals surface area (Å²) in [5.74, 6) is 0.324. The molecule has 3 unspecified atom stereocenters. The molecule has 1 fully saturated rings. The Morgan fingerprint density at radius 1 is 1.50 bits per heavy atom. The molecule has 1 rings (SSSR count). The summed E-state index contributed by atoms with van der Waals surface area (Å²) >= 11 is 0.